The Hall–Kier alpha value is -4.05. The number of benzene rings is 2. The van der Waals surface area contributed by atoms with Crippen molar-refractivity contribution in [3.8, 4) is 11.9 Å². The Bertz CT molecular complexity index is 1270. The normalized spacial score (nSPS) is 19.5. The molecule has 0 aliphatic carbocycles. The first-order valence-corrected chi connectivity index (χ1v) is 9.59. The van der Waals surface area contributed by atoms with E-state index in [1.165, 1.54) is 0 Å². The molecule has 1 aromatic heterocycles. The highest BCUT2D eigenvalue weighted by atomic mass is 16.5. The number of carbonyl (C=O) groups excluding carboxylic acids is 1. The molecular formula is C23H19N5O2. The predicted octanol–water partition coefficient (Wildman–Crippen LogP) is 2.95. The molecule has 148 valence electrons. The van der Waals surface area contributed by atoms with Crippen LogP contribution in [0.25, 0.3) is 0 Å². The quantitative estimate of drug-likeness (QED) is 0.691. The second-order valence-corrected chi connectivity index (χ2v) is 7.63. The molecule has 2 aliphatic heterocycles. The Morgan fingerprint density at radius 2 is 1.93 bits per heavy atom. The molecule has 2 aliphatic rings. The Labute approximate surface area is 173 Å². The van der Waals surface area contributed by atoms with Crippen LogP contribution in [0.3, 0.4) is 0 Å². The number of H-pyrrole nitrogens is 1. The first kappa shape index (κ1) is 18.0. The molecule has 0 saturated carbocycles. The molecule has 3 heterocycles. The molecule has 7 heteroatoms. The zero-order valence-electron chi connectivity index (χ0n) is 16.6. The Morgan fingerprint density at radius 3 is 2.67 bits per heavy atom. The topological polar surface area (TPSA) is 108 Å². The van der Waals surface area contributed by atoms with Crippen LogP contribution in [0, 0.1) is 25.2 Å². The van der Waals surface area contributed by atoms with Gasteiger partial charge in [0.2, 0.25) is 17.7 Å². The van der Waals surface area contributed by atoms with E-state index in [-0.39, 0.29) is 23.2 Å². The van der Waals surface area contributed by atoms with Gasteiger partial charge < -0.3 is 15.4 Å². The first-order chi connectivity index (χ1) is 14.5. The van der Waals surface area contributed by atoms with Crippen LogP contribution >= 0.6 is 0 Å². The molecule has 0 bridgehead atoms. The van der Waals surface area contributed by atoms with Crippen LogP contribution < -0.4 is 15.4 Å². The van der Waals surface area contributed by atoms with Crippen molar-refractivity contribution in [3.63, 3.8) is 0 Å². The monoisotopic (exact) mass is 397 g/mol. The van der Waals surface area contributed by atoms with Crippen LogP contribution in [-0.2, 0) is 16.8 Å². The average molecular weight is 397 g/mol. The lowest BCUT2D eigenvalue weighted by molar-refractivity contribution is -0.121. The second kappa shape index (κ2) is 6.22. The minimum atomic E-state index is -1.38. The van der Waals surface area contributed by atoms with Gasteiger partial charge in [0.1, 0.15) is 17.1 Å². The number of anilines is 1. The fourth-order valence-corrected chi connectivity index (χ4v) is 4.50. The molecule has 7 nitrogen and oxygen atoms in total. The molecule has 1 spiro atoms. The maximum Gasteiger partial charge on any atom is 0.248 e. The van der Waals surface area contributed by atoms with E-state index in [1.54, 1.807) is 4.90 Å². The van der Waals surface area contributed by atoms with E-state index in [2.05, 4.69) is 16.3 Å². The third kappa shape index (κ3) is 2.19. The number of nitrogens with one attached hydrogen (secondary N) is 1. The number of hydrogen-bond donors (Lipinski definition) is 2. The number of amides is 1. The summed E-state index contributed by atoms with van der Waals surface area (Å²) in [6.07, 6.45) is 0. The summed E-state index contributed by atoms with van der Waals surface area (Å²) in [5, 5.41) is 17.1. The lowest BCUT2D eigenvalue weighted by atomic mass is 9.69. The van der Waals surface area contributed by atoms with Crippen molar-refractivity contribution in [3.05, 3.63) is 87.9 Å². The van der Waals surface area contributed by atoms with E-state index in [0.717, 1.165) is 16.8 Å². The summed E-state index contributed by atoms with van der Waals surface area (Å²) in [4.78, 5) is 15.8. The van der Waals surface area contributed by atoms with Crippen molar-refractivity contribution < 1.29 is 9.53 Å². The van der Waals surface area contributed by atoms with Crippen molar-refractivity contribution in [1.29, 1.82) is 5.26 Å². The highest BCUT2D eigenvalue weighted by molar-refractivity contribution is 6.14. The van der Waals surface area contributed by atoms with Crippen molar-refractivity contribution in [1.82, 2.24) is 10.2 Å². The van der Waals surface area contributed by atoms with Gasteiger partial charge in [-0.25, -0.2) is 0 Å². The van der Waals surface area contributed by atoms with Gasteiger partial charge in [0.15, 0.2) is 0 Å². The maximum atomic E-state index is 14.1. The van der Waals surface area contributed by atoms with E-state index in [1.807, 2.05) is 62.4 Å². The number of nitrogens with two attached hydrogens (primary N) is 1. The van der Waals surface area contributed by atoms with E-state index in [4.69, 9.17) is 10.5 Å². The number of carbonyl (C=O) groups is 1. The Kier molecular flexibility index (Phi) is 3.74. The van der Waals surface area contributed by atoms with E-state index in [9.17, 15) is 10.1 Å². The van der Waals surface area contributed by atoms with E-state index in [0.29, 0.717) is 23.4 Å². The first-order valence-electron chi connectivity index (χ1n) is 9.59. The van der Waals surface area contributed by atoms with Gasteiger partial charge in [0.25, 0.3) is 0 Å². The van der Waals surface area contributed by atoms with Gasteiger partial charge in [0.05, 0.1) is 12.1 Å². The van der Waals surface area contributed by atoms with Crippen LogP contribution in [-0.4, -0.2) is 16.1 Å². The number of aromatic amines is 1. The highest BCUT2D eigenvalue weighted by Gasteiger charge is 2.60. The summed E-state index contributed by atoms with van der Waals surface area (Å²) in [6, 6.07) is 17.7. The molecule has 0 fully saturated rings. The summed E-state index contributed by atoms with van der Waals surface area (Å²) < 4.78 is 5.59. The standard InChI is InChI=1S/C23H19N5O2/c1-13-7-9-15(10-8-13)12-28-18-6-4-3-5-16(18)23(22(28)29)17(11-24)20(25)30-21-19(23)14(2)26-27-21/h3-10H,12,25H2,1-2H3,(H,26,27)/t23-/m0/s1. The van der Waals surface area contributed by atoms with Gasteiger partial charge in [-0.2, -0.15) is 5.26 Å². The number of aromatic nitrogens is 2. The smallest absolute Gasteiger partial charge is 0.248 e. The van der Waals surface area contributed by atoms with Gasteiger partial charge in [0, 0.05) is 16.9 Å². The fourth-order valence-electron chi connectivity index (χ4n) is 4.50. The number of nitriles is 1. The largest absolute Gasteiger partial charge is 0.420 e. The van der Waals surface area contributed by atoms with Gasteiger partial charge in [-0.05, 0) is 25.5 Å². The molecule has 1 atom stereocenters. The van der Waals surface area contributed by atoms with Gasteiger partial charge in [-0.3, -0.25) is 9.89 Å². The zero-order valence-corrected chi connectivity index (χ0v) is 16.6. The number of rotatable bonds is 2. The minimum absolute atomic E-state index is 0.0864. The molecule has 1 amide bonds. The SMILES string of the molecule is Cc1ccc(CN2C(=O)[C@]3(C(C#N)=C(N)Oc4n[nH]c(C)c43)c3ccccc32)cc1. The number of hydrogen-bond acceptors (Lipinski definition) is 5. The summed E-state index contributed by atoms with van der Waals surface area (Å²) in [6.45, 7) is 4.21. The highest BCUT2D eigenvalue weighted by Crippen LogP contribution is 2.55. The third-order valence-electron chi connectivity index (χ3n) is 5.85. The van der Waals surface area contributed by atoms with Crippen molar-refractivity contribution in [2.45, 2.75) is 25.8 Å². The Balaban J connectivity index is 1.77. The molecule has 3 aromatic rings. The summed E-state index contributed by atoms with van der Waals surface area (Å²) in [5.74, 6) is -0.112. The average Bonchev–Trinajstić information content (AvgIpc) is 3.22. The van der Waals surface area contributed by atoms with E-state index < -0.39 is 5.41 Å². The number of aryl methyl sites for hydroxylation is 2. The molecular weight excluding hydrogens is 378 g/mol. The predicted molar refractivity (Wildman–Crippen MR) is 110 cm³/mol. The van der Waals surface area contributed by atoms with Crippen molar-refractivity contribution >= 4 is 11.6 Å². The number of nitrogens with zero attached hydrogens (tertiary/aromatic N) is 3. The van der Waals surface area contributed by atoms with Crippen LogP contribution in [0.4, 0.5) is 5.69 Å². The minimum Gasteiger partial charge on any atom is -0.420 e. The van der Waals surface area contributed by atoms with Gasteiger partial charge in [-0.1, -0.05) is 48.0 Å². The summed E-state index contributed by atoms with van der Waals surface area (Å²) >= 11 is 0. The van der Waals surface area contributed by atoms with E-state index >= 15 is 0 Å². The third-order valence-corrected chi connectivity index (χ3v) is 5.85. The number of para-hydroxylation sites is 1. The van der Waals surface area contributed by atoms with Crippen LogP contribution in [0.2, 0.25) is 0 Å². The lowest BCUT2D eigenvalue weighted by Crippen LogP contribution is -2.45. The van der Waals surface area contributed by atoms with Gasteiger partial charge in [-0.15, -0.1) is 5.10 Å². The van der Waals surface area contributed by atoms with Crippen LogP contribution in [0.1, 0.15) is 27.9 Å². The molecule has 2 aromatic carbocycles. The molecule has 5 rings (SSSR count). The zero-order chi connectivity index (χ0) is 21.0. The number of fused-ring (bicyclic) bond motifs is 4. The second-order valence-electron chi connectivity index (χ2n) is 7.63. The molecule has 30 heavy (non-hydrogen) atoms. The summed E-state index contributed by atoms with van der Waals surface area (Å²) in [5.41, 5.74) is 9.60. The molecule has 3 N–H and O–H groups in total. The van der Waals surface area contributed by atoms with Gasteiger partial charge >= 0.3 is 0 Å². The Morgan fingerprint density at radius 1 is 1.20 bits per heavy atom. The molecule has 0 unspecified atom stereocenters. The fraction of sp³-hybridized carbons (Fsp3) is 0.174. The van der Waals surface area contributed by atoms with Crippen molar-refractivity contribution in [2.75, 3.05) is 4.90 Å². The maximum absolute atomic E-state index is 14.1. The molecule has 0 radical (unpaired) electrons. The molecule has 0 saturated heterocycles. The lowest BCUT2D eigenvalue weighted by Gasteiger charge is -2.32. The van der Waals surface area contributed by atoms with Crippen molar-refractivity contribution in [2.24, 2.45) is 5.73 Å². The van der Waals surface area contributed by atoms with Crippen LogP contribution in [0.15, 0.2) is 60.0 Å². The number of ether oxygens (including phenoxy) is 1. The van der Waals surface area contributed by atoms with Crippen LogP contribution in [0.5, 0.6) is 5.88 Å². The summed E-state index contributed by atoms with van der Waals surface area (Å²) in [7, 11) is 0.